The molecular weight excluding hydrogens is 546 g/mol. The van der Waals surface area contributed by atoms with Crippen LogP contribution in [-0.2, 0) is 25.6 Å². The Morgan fingerprint density at radius 1 is 1.23 bits per heavy atom. The van der Waals surface area contributed by atoms with Gasteiger partial charge in [0.05, 0.1) is 11.4 Å². The van der Waals surface area contributed by atoms with Gasteiger partial charge in [0.2, 0.25) is 0 Å². The summed E-state index contributed by atoms with van der Waals surface area (Å²) in [6.07, 6.45) is 4.95. The summed E-state index contributed by atoms with van der Waals surface area (Å²) in [4.78, 5) is 35.4. The minimum Gasteiger partial charge on any atom is -0.435 e. The number of imidazole rings is 1. The molecule has 1 aliphatic carbocycles. The zero-order valence-electron chi connectivity index (χ0n) is 22.2. The van der Waals surface area contributed by atoms with Gasteiger partial charge >= 0.3 is 12.6 Å². The summed E-state index contributed by atoms with van der Waals surface area (Å²) < 4.78 is 33.7. The first kappa shape index (κ1) is 27.9. The Morgan fingerprint density at radius 2 is 1.95 bits per heavy atom. The number of hydrogen-bond donors (Lipinski definition) is 1. The Bertz CT molecular complexity index is 1570. The smallest absolute Gasteiger partial charge is 0.387 e. The van der Waals surface area contributed by atoms with Crippen LogP contribution in [0, 0.1) is 0 Å². The number of aliphatic hydroxyl groups is 1. The number of ether oxygens (including phenoxy) is 1. The molecule has 9 nitrogen and oxygen atoms in total. The number of rotatable bonds is 8. The lowest BCUT2D eigenvalue weighted by Crippen LogP contribution is -2.27. The second-order valence-electron chi connectivity index (χ2n) is 10.2. The van der Waals surface area contributed by atoms with Gasteiger partial charge in [0, 0.05) is 52.6 Å². The molecule has 0 aliphatic heterocycles. The second kappa shape index (κ2) is 10.4. The molecule has 0 radical (unpaired) electrons. The highest BCUT2D eigenvalue weighted by molar-refractivity contribution is 6.30. The fourth-order valence-corrected chi connectivity index (χ4v) is 5.43. The maximum Gasteiger partial charge on any atom is 0.387 e. The van der Waals surface area contributed by atoms with Crippen molar-refractivity contribution in [2.75, 3.05) is 0 Å². The molecule has 210 valence electrons. The first-order valence-electron chi connectivity index (χ1n) is 12.6. The summed E-state index contributed by atoms with van der Waals surface area (Å²) >= 11 is 6.36. The molecule has 0 unspecified atom stereocenters. The molecule has 2 atom stereocenters. The van der Waals surface area contributed by atoms with E-state index in [0.29, 0.717) is 39.6 Å². The number of benzene rings is 1. The van der Waals surface area contributed by atoms with Crippen molar-refractivity contribution in [3.8, 4) is 16.9 Å². The highest BCUT2D eigenvalue weighted by Crippen LogP contribution is 2.55. The average Bonchev–Trinajstić information content (AvgIpc) is 3.43. The van der Waals surface area contributed by atoms with Crippen molar-refractivity contribution >= 4 is 23.2 Å². The number of halogens is 3. The lowest BCUT2D eigenvalue weighted by molar-refractivity contribution is -0.300. The molecule has 0 saturated heterocycles. The maximum atomic E-state index is 13.5. The molecule has 12 heteroatoms. The van der Waals surface area contributed by atoms with Crippen LogP contribution in [0.4, 0.5) is 8.78 Å². The number of pyridine rings is 1. The molecule has 3 heterocycles. The van der Waals surface area contributed by atoms with E-state index in [-0.39, 0.29) is 18.0 Å². The van der Waals surface area contributed by atoms with Crippen LogP contribution in [-0.4, -0.2) is 37.0 Å². The standard InChI is InChI=1S/C28H27ClF2N4O5/c1-5-28(19-10-18(29)7-8-20(19)38-26(30)31)11-21(40-39-15(2)36)23-24(28)35-14-16(6-9-22(35)34-23)17-12-32-25(33-13-17)27(3,4)37/h6-10,12-14,21,26,37H,5,11H2,1-4H3/t21-,28-/m1/s1. The summed E-state index contributed by atoms with van der Waals surface area (Å²) in [6.45, 7) is 3.28. The fourth-order valence-electron chi connectivity index (χ4n) is 5.26. The average molecular weight is 573 g/mol. The minimum absolute atomic E-state index is 0.0259. The van der Waals surface area contributed by atoms with Crippen LogP contribution in [0.5, 0.6) is 5.75 Å². The van der Waals surface area contributed by atoms with E-state index in [4.69, 9.17) is 31.1 Å². The number of aromatic nitrogens is 4. The number of hydrogen-bond acceptors (Lipinski definition) is 8. The van der Waals surface area contributed by atoms with Crippen LogP contribution in [0.15, 0.2) is 48.9 Å². The molecule has 0 bridgehead atoms. The zero-order chi connectivity index (χ0) is 28.8. The van der Waals surface area contributed by atoms with Gasteiger partial charge in [-0.05, 0) is 57.0 Å². The van der Waals surface area contributed by atoms with Gasteiger partial charge in [-0.2, -0.15) is 13.7 Å². The predicted octanol–water partition coefficient (Wildman–Crippen LogP) is 5.91. The lowest BCUT2D eigenvalue weighted by Gasteiger charge is -2.31. The highest BCUT2D eigenvalue weighted by atomic mass is 35.5. The van der Waals surface area contributed by atoms with Gasteiger partial charge in [-0.25, -0.2) is 19.7 Å². The fraction of sp³-hybridized carbons (Fsp3) is 0.357. The molecule has 4 aromatic rings. The molecule has 3 aromatic heterocycles. The lowest BCUT2D eigenvalue weighted by atomic mass is 9.75. The third-order valence-electron chi connectivity index (χ3n) is 7.03. The van der Waals surface area contributed by atoms with Gasteiger partial charge in [0.1, 0.15) is 23.1 Å². The van der Waals surface area contributed by atoms with Crippen molar-refractivity contribution in [1.82, 2.24) is 19.4 Å². The quantitative estimate of drug-likeness (QED) is 0.205. The van der Waals surface area contributed by atoms with Crippen molar-refractivity contribution in [2.24, 2.45) is 0 Å². The third kappa shape index (κ3) is 5.00. The van der Waals surface area contributed by atoms with E-state index in [2.05, 4.69) is 9.97 Å². The van der Waals surface area contributed by atoms with Crippen LogP contribution in [0.3, 0.4) is 0 Å². The number of alkyl halides is 2. The van der Waals surface area contributed by atoms with Gasteiger partial charge in [0.15, 0.2) is 5.82 Å². The number of fused-ring (bicyclic) bond motifs is 3. The number of nitrogens with zero attached hydrogens (tertiary/aromatic N) is 4. The third-order valence-corrected chi connectivity index (χ3v) is 7.26. The summed E-state index contributed by atoms with van der Waals surface area (Å²) in [7, 11) is 0. The molecule has 5 rings (SSSR count). The van der Waals surface area contributed by atoms with Crippen LogP contribution in [0.1, 0.15) is 69.4 Å². The van der Waals surface area contributed by atoms with Crippen molar-refractivity contribution in [2.45, 2.75) is 64.3 Å². The van der Waals surface area contributed by atoms with Crippen molar-refractivity contribution in [3.05, 3.63) is 76.7 Å². The largest absolute Gasteiger partial charge is 0.435 e. The zero-order valence-corrected chi connectivity index (χ0v) is 22.9. The van der Waals surface area contributed by atoms with E-state index < -0.39 is 29.7 Å². The van der Waals surface area contributed by atoms with Crippen molar-refractivity contribution in [3.63, 3.8) is 0 Å². The molecule has 0 saturated carbocycles. The summed E-state index contributed by atoms with van der Waals surface area (Å²) in [6, 6.07) is 8.15. The van der Waals surface area contributed by atoms with Gasteiger partial charge in [0.25, 0.3) is 0 Å². The SMILES string of the molecule is CC[C@]1(c2cc(Cl)ccc2OC(F)F)C[C@@H](OOC(C)=O)c2nc3ccc(-c4cnc(C(C)(C)O)nc4)cn3c21. The first-order valence-corrected chi connectivity index (χ1v) is 13.0. The molecule has 1 N–H and O–H groups in total. The highest BCUT2D eigenvalue weighted by Gasteiger charge is 2.50. The number of carbonyl (C=O) groups is 1. The van der Waals surface area contributed by atoms with Gasteiger partial charge < -0.3 is 14.2 Å². The molecule has 1 aromatic carbocycles. The van der Waals surface area contributed by atoms with Crippen LogP contribution in [0.25, 0.3) is 16.8 Å². The molecule has 0 amide bonds. The summed E-state index contributed by atoms with van der Waals surface area (Å²) in [5.41, 5.74) is 1.46. The number of carbonyl (C=O) groups excluding carboxylic acids is 1. The summed E-state index contributed by atoms with van der Waals surface area (Å²) in [5.74, 6) is -0.383. The van der Waals surface area contributed by atoms with Crippen molar-refractivity contribution in [1.29, 1.82) is 0 Å². The topological polar surface area (TPSA) is 108 Å². The Balaban J connectivity index is 1.71. The Morgan fingerprint density at radius 3 is 2.58 bits per heavy atom. The molecule has 40 heavy (non-hydrogen) atoms. The Hall–Kier alpha value is -3.67. The van der Waals surface area contributed by atoms with E-state index in [9.17, 15) is 18.7 Å². The van der Waals surface area contributed by atoms with E-state index in [1.807, 2.05) is 23.6 Å². The minimum atomic E-state index is -3.05. The predicted molar refractivity (Wildman–Crippen MR) is 141 cm³/mol. The Labute approximate surface area is 233 Å². The maximum absolute atomic E-state index is 13.5. The Kier molecular flexibility index (Phi) is 7.24. The molecule has 0 spiro atoms. The molecule has 0 fully saturated rings. The van der Waals surface area contributed by atoms with Gasteiger partial charge in [-0.15, -0.1) is 0 Å². The molecular formula is C28H27ClF2N4O5. The van der Waals surface area contributed by atoms with E-state index in [1.54, 1.807) is 38.4 Å². The van der Waals surface area contributed by atoms with Crippen LogP contribution < -0.4 is 4.74 Å². The van der Waals surface area contributed by atoms with Gasteiger partial charge in [-0.1, -0.05) is 18.5 Å². The monoisotopic (exact) mass is 572 g/mol. The van der Waals surface area contributed by atoms with E-state index in [1.165, 1.54) is 19.1 Å². The summed E-state index contributed by atoms with van der Waals surface area (Å²) in [5, 5.41) is 10.6. The van der Waals surface area contributed by atoms with Crippen LogP contribution >= 0.6 is 11.6 Å². The van der Waals surface area contributed by atoms with Crippen LogP contribution in [0.2, 0.25) is 5.02 Å². The van der Waals surface area contributed by atoms with Gasteiger partial charge in [-0.3, -0.25) is 4.89 Å². The molecule has 1 aliphatic rings. The second-order valence-corrected chi connectivity index (χ2v) is 10.6. The van der Waals surface area contributed by atoms with Crippen molar-refractivity contribution < 1.29 is 33.2 Å². The van der Waals surface area contributed by atoms with E-state index >= 15 is 0 Å². The van der Waals surface area contributed by atoms with E-state index in [0.717, 1.165) is 5.56 Å². The normalized spacial score (nSPS) is 18.8. The first-order chi connectivity index (χ1) is 18.9.